The van der Waals surface area contributed by atoms with Crippen LogP contribution < -0.4 is 0 Å². The van der Waals surface area contributed by atoms with Crippen LogP contribution in [-0.2, 0) is 14.3 Å². The maximum absolute atomic E-state index is 17.3. The van der Waals surface area contributed by atoms with Crippen LogP contribution in [-0.4, -0.2) is 99.0 Å². The standard InChI is InChI=1S/C30H41FN2O8/c1-17-12-22-21-8-7-18-13-20(34)9-10-27(18,2)29(21,31)23(35)14-28(22,3)30(17,40)24(36)16-41-26(39)32(4)15-19-6-5-11-33(19)25(37)38/h9-10,13,17,19,21-23,35,40H,5-8,11-12,14-16H2,1-4H3,(H,37,38)/t17-,19+,21+,22+,23+,27+,28+,29+,30+/m1/s1. The minimum atomic E-state index is -2.08. The Hall–Kier alpha value is -2.79. The van der Waals surface area contributed by atoms with Gasteiger partial charge >= 0.3 is 12.2 Å². The molecule has 0 aromatic carbocycles. The molecule has 4 aliphatic carbocycles. The van der Waals surface area contributed by atoms with Crippen molar-refractivity contribution in [3.63, 3.8) is 0 Å². The first kappa shape index (κ1) is 29.7. The molecule has 1 saturated heterocycles. The van der Waals surface area contributed by atoms with Crippen molar-refractivity contribution in [3.05, 3.63) is 23.8 Å². The van der Waals surface area contributed by atoms with Crippen molar-refractivity contribution in [2.24, 2.45) is 28.6 Å². The van der Waals surface area contributed by atoms with Gasteiger partial charge in [-0.15, -0.1) is 0 Å². The van der Waals surface area contributed by atoms with Gasteiger partial charge in [0.05, 0.1) is 12.1 Å². The van der Waals surface area contributed by atoms with Crippen LogP contribution in [0, 0.1) is 28.6 Å². The van der Waals surface area contributed by atoms with Crippen molar-refractivity contribution in [2.75, 3.05) is 26.7 Å². The Kier molecular flexibility index (Phi) is 7.17. The molecule has 226 valence electrons. The second-order valence-corrected chi connectivity index (χ2v) is 13.3. The number of ketones is 2. The molecular weight excluding hydrogens is 535 g/mol. The summed E-state index contributed by atoms with van der Waals surface area (Å²) in [5.41, 5.74) is -5.72. The number of hydrogen-bond donors (Lipinski definition) is 3. The highest BCUT2D eigenvalue weighted by Crippen LogP contribution is 2.70. The van der Waals surface area contributed by atoms with Crippen LogP contribution in [0.2, 0.25) is 0 Å². The number of fused-ring (bicyclic) bond motifs is 5. The molecule has 3 saturated carbocycles. The zero-order valence-corrected chi connectivity index (χ0v) is 24.1. The molecule has 0 spiro atoms. The van der Waals surface area contributed by atoms with E-state index in [1.165, 1.54) is 29.0 Å². The fourth-order valence-corrected chi connectivity index (χ4v) is 9.16. The smallest absolute Gasteiger partial charge is 0.410 e. The predicted octanol–water partition coefficient (Wildman–Crippen LogP) is 3.11. The average Bonchev–Trinajstić information content (AvgIpc) is 3.45. The molecule has 3 N–H and O–H groups in total. The van der Waals surface area contributed by atoms with E-state index in [-0.39, 0.29) is 24.8 Å². The van der Waals surface area contributed by atoms with Gasteiger partial charge in [-0.25, -0.2) is 14.0 Å². The van der Waals surface area contributed by atoms with Crippen molar-refractivity contribution in [1.82, 2.24) is 9.80 Å². The number of alkyl halides is 1. The maximum atomic E-state index is 17.3. The van der Waals surface area contributed by atoms with Gasteiger partial charge in [-0.2, -0.15) is 0 Å². The number of aliphatic hydroxyl groups excluding tert-OH is 1. The number of carbonyl (C=O) groups excluding carboxylic acids is 3. The van der Waals surface area contributed by atoms with Crippen LogP contribution in [0.4, 0.5) is 14.0 Å². The second kappa shape index (κ2) is 9.90. The van der Waals surface area contributed by atoms with E-state index in [0.717, 1.165) is 0 Å². The van der Waals surface area contributed by atoms with Gasteiger partial charge < -0.3 is 29.9 Å². The third kappa shape index (κ3) is 4.09. The second-order valence-electron chi connectivity index (χ2n) is 13.3. The molecule has 11 heteroatoms. The van der Waals surface area contributed by atoms with Crippen LogP contribution in [0.25, 0.3) is 0 Å². The molecule has 0 unspecified atom stereocenters. The fraction of sp³-hybridized carbons (Fsp3) is 0.733. The SMILES string of the molecule is C[C@@H]1C[C@H]2[C@@H]3CCC4=CC(=O)C=C[C@]4(C)[C@@]3(F)[C@@H](O)C[C@]2(C)[C@@]1(O)C(=O)COC(=O)N(C)C[C@@H]1CCCN1C(=O)O. The maximum Gasteiger partial charge on any atom is 0.410 e. The lowest BCUT2D eigenvalue weighted by atomic mass is 9.44. The predicted molar refractivity (Wildman–Crippen MR) is 145 cm³/mol. The number of halogens is 1. The zero-order chi connectivity index (χ0) is 30.1. The third-order valence-corrected chi connectivity index (χ3v) is 11.4. The summed E-state index contributed by atoms with van der Waals surface area (Å²) >= 11 is 0. The molecule has 0 bridgehead atoms. The number of likely N-dealkylation sites (N-methyl/N-ethyl adjacent to an activating group) is 1. The fourth-order valence-electron chi connectivity index (χ4n) is 9.16. The largest absolute Gasteiger partial charge is 0.465 e. The quantitative estimate of drug-likeness (QED) is 0.453. The number of aliphatic hydroxyl groups is 2. The van der Waals surface area contributed by atoms with Gasteiger partial charge in [0, 0.05) is 36.9 Å². The number of carboxylic acid groups (broad SMARTS) is 1. The first-order valence-electron chi connectivity index (χ1n) is 14.6. The number of allylic oxidation sites excluding steroid dienone is 4. The van der Waals surface area contributed by atoms with E-state index in [4.69, 9.17) is 4.74 Å². The Morgan fingerprint density at radius 2 is 1.93 bits per heavy atom. The summed E-state index contributed by atoms with van der Waals surface area (Å²) in [6.45, 7) is 4.98. The summed E-state index contributed by atoms with van der Waals surface area (Å²) in [5, 5.41) is 32.9. The molecule has 0 radical (unpaired) electrons. The molecule has 2 amide bonds. The Morgan fingerprint density at radius 1 is 1.22 bits per heavy atom. The van der Waals surface area contributed by atoms with Crippen molar-refractivity contribution in [3.8, 4) is 0 Å². The number of carbonyl (C=O) groups is 4. The summed E-state index contributed by atoms with van der Waals surface area (Å²) in [4.78, 5) is 52.4. The van der Waals surface area contributed by atoms with Gasteiger partial charge in [0.25, 0.3) is 0 Å². The molecule has 1 aliphatic heterocycles. The van der Waals surface area contributed by atoms with Gasteiger partial charge in [0.15, 0.2) is 18.1 Å². The summed E-state index contributed by atoms with van der Waals surface area (Å²) in [5.74, 6) is -2.56. The minimum Gasteiger partial charge on any atom is -0.465 e. The molecule has 41 heavy (non-hydrogen) atoms. The van der Waals surface area contributed by atoms with Gasteiger partial charge in [-0.05, 0) is 69.4 Å². The highest BCUT2D eigenvalue weighted by molar-refractivity contribution is 6.01. The summed E-state index contributed by atoms with van der Waals surface area (Å²) in [7, 11) is 1.47. The Bertz CT molecular complexity index is 1220. The van der Waals surface area contributed by atoms with Crippen molar-refractivity contribution >= 4 is 23.8 Å². The molecule has 9 atom stereocenters. The molecule has 1 heterocycles. The number of amides is 2. The molecular formula is C30H41FN2O8. The Labute approximate surface area is 239 Å². The molecule has 5 rings (SSSR count). The highest BCUT2D eigenvalue weighted by atomic mass is 19.1. The molecule has 4 fully saturated rings. The topological polar surface area (TPSA) is 145 Å². The van der Waals surface area contributed by atoms with E-state index in [2.05, 4.69) is 0 Å². The lowest BCUT2D eigenvalue weighted by molar-refractivity contribution is -0.219. The number of Topliss-reactive ketones (excluding diaryl/α,β-unsaturated/α-hetero) is 1. The normalized spacial score (nSPS) is 43.1. The Balaban J connectivity index is 1.32. The zero-order valence-electron chi connectivity index (χ0n) is 24.1. The highest BCUT2D eigenvalue weighted by Gasteiger charge is 2.75. The minimum absolute atomic E-state index is 0.113. The van der Waals surface area contributed by atoms with Gasteiger partial charge in [0.2, 0.25) is 5.78 Å². The summed E-state index contributed by atoms with van der Waals surface area (Å²) < 4.78 is 22.6. The average molecular weight is 577 g/mol. The van der Waals surface area contributed by atoms with Crippen LogP contribution in [0.5, 0.6) is 0 Å². The van der Waals surface area contributed by atoms with E-state index in [1.807, 2.05) is 0 Å². The van der Waals surface area contributed by atoms with E-state index in [9.17, 15) is 34.5 Å². The van der Waals surface area contributed by atoms with Crippen LogP contribution >= 0.6 is 0 Å². The van der Waals surface area contributed by atoms with E-state index in [0.29, 0.717) is 44.2 Å². The van der Waals surface area contributed by atoms with Crippen molar-refractivity contribution in [1.29, 1.82) is 0 Å². The monoisotopic (exact) mass is 576 g/mol. The lowest BCUT2D eigenvalue weighted by Crippen LogP contribution is -2.69. The van der Waals surface area contributed by atoms with E-state index < -0.39 is 70.5 Å². The number of nitrogens with zero attached hydrogens (tertiary/aromatic N) is 2. The van der Waals surface area contributed by atoms with Crippen molar-refractivity contribution < 1.29 is 43.6 Å². The summed E-state index contributed by atoms with van der Waals surface area (Å²) in [6.07, 6.45) is 3.38. The van der Waals surface area contributed by atoms with Crippen LogP contribution in [0.15, 0.2) is 23.8 Å². The van der Waals surface area contributed by atoms with Gasteiger partial charge in [-0.3, -0.25) is 9.59 Å². The first-order chi connectivity index (χ1) is 19.1. The van der Waals surface area contributed by atoms with E-state index >= 15 is 4.39 Å². The molecule has 0 aromatic rings. The number of ether oxygens (including phenoxy) is 1. The number of likely N-dealkylation sites (tertiary alicyclic amines) is 1. The van der Waals surface area contributed by atoms with Crippen molar-refractivity contribution in [2.45, 2.75) is 82.7 Å². The Morgan fingerprint density at radius 3 is 2.61 bits per heavy atom. The van der Waals surface area contributed by atoms with Crippen LogP contribution in [0.3, 0.4) is 0 Å². The van der Waals surface area contributed by atoms with Gasteiger partial charge in [-0.1, -0.05) is 25.5 Å². The lowest BCUT2D eigenvalue weighted by Gasteiger charge is -2.62. The van der Waals surface area contributed by atoms with E-state index in [1.54, 1.807) is 26.8 Å². The number of rotatable bonds is 5. The van der Waals surface area contributed by atoms with Gasteiger partial charge in [0.1, 0.15) is 5.60 Å². The van der Waals surface area contributed by atoms with Crippen LogP contribution in [0.1, 0.15) is 59.3 Å². The number of hydrogen-bond acceptors (Lipinski definition) is 7. The third-order valence-electron chi connectivity index (χ3n) is 11.4. The molecule has 10 nitrogen and oxygen atoms in total. The first-order valence-corrected chi connectivity index (χ1v) is 14.6. The summed E-state index contributed by atoms with van der Waals surface area (Å²) in [6, 6.07) is -0.367. The molecule has 0 aromatic heterocycles. The molecule has 5 aliphatic rings.